The highest BCUT2D eigenvalue weighted by Crippen LogP contribution is 2.32. The average Bonchev–Trinajstić information content (AvgIpc) is 2.90. The highest BCUT2D eigenvalue weighted by atomic mass is 19.1. The van der Waals surface area contributed by atoms with Crippen LogP contribution in [0.3, 0.4) is 0 Å². The van der Waals surface area contributed by atoms with Gasteiger partial charge in [0, 0.05) is 38.7 Å². The third-order valence-corrected chi connectivity index (χ3v) is 4.94. The molecule has 1 aromatic rings. The van der Waals surface area contributed by atoms with Gasteiger partial charge in [-0.3, -0.25) is 9.74 Å². The van der Waals surface area contributed by atoms with Crippen molar-refractivity contribution in [1.29, 1.82) is 0 Å². The number of ether oxygens (including phenoxy) is 1. The van der Waals surface area contributed by atoms with Crippen LogP contribution in [-0.4, -0.2) is 68.9 Å². The van der Waals surface area contributed by atoms with E-state index in [1.807, 2.05) is 0 Å². The Morgan fingerprint density at radius 2 is 1.90 bits per heavy atom. The van der Waals surface area contributed by atoms with Gasteiger partial charge in [-0.2, -0.15) is 0 Å². The summed E-state index contributed by atoms with van der Waals surface area (Å²) in [7, 11) is 1.46. The van der Waals surface area contributed by atoms with Gasteiger partial charge in [0.05, 0.1) is 25.4 Å². The van der Waals surface area contributed by atoms with Crippen molar-refractivity contribution in [3.05, 3.63) is 23.8 Å². The van der Waals surface area contributed by atoms with E-state index in [1.54, 1.807) is 0 Å². The molecule has 0 aliphatic carbocycles. The van der Waals surface area contributed by atoms with Gasteiger partial charge < -0.3 is 19.7 Å². The first-order valence-electron chi connectivity index (χ1n) is 9.64. The van der Waals surface area contributed by atoms with E-state index in [4.69, 9.17) is 9.57 Å². The van der Waals surface area contributed by atoms with Gasteiger partial charge in [0.15, 0.2) is 11.6 Å². The molecule has 0 radical (unpaired) electrons. The monoisotopic (exact) mass is 426 g/mol. The molecular weight excluding hydrogens is 402 g/mol. The van der Waals surface area contributed by atoms with Crippen molar-refractivity contribution in [2.24, 2.45) is 0 Å². The van der Waals surface area contributed by atoms with E-state index in [-0.39, 0.29) is 56.4 Å². The van der Waals surface area contributed by atoms with E-state index < -0.39 is 29.9 Å². The number of carbonyl (C=O) groups is 3. The van der Waals surface area contributed by atoms with Crippen LogP contribution in [0.1, 0.15) is 19.8 Å². The molecule has 2 saturated heterocycles. The topological polar surface area (TPSA) is 91.4 Å². The summed E-state index contributed by atoms with van der Waals surface area (Å²) in [5.41, 5.74) is -0.205. The summed E-state index contributed by atoms with van der Waals surface area (Å²) < 4.78 is 34.9. The highest BCUT2D eigenvalue weighted by molar-refractivity contribution is 5.90. The lowest BCUT2D eigenvalue weighted by Crippen LogP contribution is -2.39. The Morgan fingerprint density at radius 3 is 2.53 bits per heavy atom. The van der Waals surface area contributed by atoms with Crippen LogP contribution in [0.25, 0.3) is 0 Å². The lowest BCUT2D eigenvalue weighted by Gasteiger charge is -2.24. The first-order valence-corrected chi connectivity index (χ1v) is 9.64. The number of ketones is 1. The molecule has 1 atom stereocenters. The maximum atomic E-state index is 14.8. The average molecular weight is 426 g/mol. The minimum absolute atomic E-state index is 0.0256. The molecule has 164 valence electrons. The van der Waals surface area contributed by atoms with Crippen molar-refractivity contribution >= 4 is 29.3 Å². The number of cyclic esters (lactones) is 1. The molecule has 0 saturated carbocycles. The number of hydrogen-bond donors (Lipinski definition) is 1. The molecule has 1 aromatic carbocycles. The lowest BCUT2D eigenvalue weighted by molar-refractivity contribution is -0.117. The van der Waals surface area contributed by atoms with Gasteiger partial charge in [-0.15, -0.1) is 0 Å². The molecule has 0 spiro atoms. The van der Waals surface area contributed by atoms with Crippen LogP contribution in [0.5, 0.6) is 0 Å². The number of carbonyl (C=O) groups excluding carboxylic acids is 3. The molecule has 0 unspecified atom stereocenters. The summed E-state index contributed by atoms with van der Waals surface area (Å²) in [4.78, 5) is 42.8. The van der Waals surface area contributed by atoms with Crippen LogP contribution in [0.15, 0.2) is 12.1 Å². The van der Waals surface area contributed by atoms with Gasteiger partial charge in [0.2, 0.25) is 0 Å². The van der Waals surface area contributed by atoms with Gasteiger partial charge >= 0.3 is 12.1 Å². The number of nitrogens with zero attached hydrogens (tertiary/aromatic N) is 3. The van der Waals surface area contributed by atoms with E-state index in [2.05, 4.69) is 5.32 Å². The van der Waals surface area contributed by atoms with E-state index in [0.29, 0.717) is 6.42 Å². The minimum atomic E-state index is -0.835. The Bertz CT molecular complexity index is 814. The lowest BCUT2D eigenvalue weighted by atomic mass is 10.1. The van der Waals surface area contributed by atoms with Crippen molar-refractivity contribution in [1.82, 2.24) is 10.4 Å². The van der Waals surface area contributed by atoms with Gasteiger partial charge in [-0.1, -0.05) is 0 Å². The molecule has 9 nitrogen and oxygen atoms in total. The third kappa shape index (κ3) is 4.78. The Labute approximate surface area is 172 Å². The molecule has 1 N–H and O–H groups in total. The number of anilines is 2. The molecule has 3 amide bonds. The standard InChI is InChI=1S/C19H24F2N4O5/c1-12(26)3-4-14-11-24(19(28)30-14)13-9-15(20)17(16(21)10-13)23-5-6-25(18(27)22-2)29-8-7-23/h9-10,14H,3-8,11H2,1-2H3,(H,22,27)/t14-/m0/s1. The fourth-order valence-electron chi connectivity index (χ4n) is 3.41. The maximum Gasteiger partial charge on any atom is 0.414 e. The fraction of sp³-hybridized carbons (Fsp3) is 0.526. The van der Waals surface area contributed by atoms with Crippen molar-refractivity contribution in [2.45, 2.75) is 25.9 Å². The predicted molar refractivity (Wildman–Crippen MR) is 103 cm³/mol. The Hall–Kier alpha value is -2.95. The smallest absolute Gasteiger partial charge is 0.414 e. The van der Waals surface area contributed by atoms with Gasteiger partial charge in [0.25, 0.3) is 0 Å². The molecule has 2 fully saturated rings. The number of halogens is 2. The van der Waals surface area contributed by atoms with Gasteiger partial charge in [-0.25, -0.2) is 23.4 Å². The molecule has 3 rings (SSSR count). The van der Waals surface area contributed by atoms with Crippen molar-refractivity contribution in [2.75, 3.05) is 49.6 Å². The van der Waals surface area contributed by atoms with E-state index in [1.165, 1.54) is 18.9 Å². The molecule has 11 heteroatoms. The SMILES string of the molecule is CNC(=O)N1CCN(c2c(F)cc(N3C[C@H](CCC(C)=O)OC3=O)cc2F)CCO1. The number of Topliss-reactive ketones (excluding diaryl/α,β-unsaturated/α-hetero) is 1. The summed E-state index contributed by atoms with van der Waals surface area (Å²) in [5, 5.41) is 3.53. The first-order chi connectivity index (χ1) is 14.3. The van der Waals surface area contributed by atoms with Crippen LogP contribution in [0.4, 0.5) is 29.7 Å². The summed E-state index contributed by atoms with van der Waals surface area (Å²) in [6.07, 6.45) is -0.599. The first kappa shape index (κ1) is 21.8. The summed E-state index contributed by atoms with van der Waals surface area (Å²) in [6.45, 7) is 2.10. The summed E-state index contributed by atoms with van der Waals surface area (Å²) in [5.74, 6) is -1.70. The van der Waals surface area contributed by atoms with Crippen molar-refractivity contribution in [3.63, 3.8) is 0 Å². The van der Waals surface area contributed by atoms with E-state index in [0.717, 1.165) is 22.1 Å². The number of nitrogens with one attached hydrogen (secondary N) is 1. The molecular formula is C19H24F2N4O5. The summed E-state index contributed by atoms with van der Waals surface area (Å²) in [6, 6.07) is 1.71. The zero-order chi connectivity index (χ0) is 21.8. The number of rotatable bonds is 5. The Balaban J connectivity index is 1.73. The molecule has 0 bridgehead atoms. The second-order valence-electron chi connectivity index (χ2n) is 7.09. The zero-order valence-electron chi connectivity index (χ0n) is 16.8. The molecule has 30 heavy (non-hydrogen) atoms. The summed E-state index contributed by atoms with van der Waals surface area (Å²) >= 11 is 0. The van der Waals surface area contributed by atoms with Gasteiger partial charge in [-0.05, 0) is 13.3 Å². The third-order valence-electron chi connectivity index (χ3n) is 4.94. The van der Waals surface area contributed by atoms with Crippen LogP contribution < -0.4 is 15.1 Å². The quantitative estimate of drug-likeness (QED) is 0.775. The van der Waals surface area contributed by atoms with Crippen LogP contribution in [-0.2, 0) is 14.4 Å². The van der Waals surface area contributed by atoms with Crippen LogP contribution in [0.2, 0.25) is 0 Å². The minimum Gasteiger partial charge on any atom is -0.444 e. The predicted octanol–water partition coefficient (Wildman–Crippen LogP) is 2.05. The zero-order valence-corrected chi connectivity index (χ0v) is 16.8. The van der Waals surface area contributed by atoms with Crippen LogP contribution in [0, 0.1) is 11.6 Å². The van der Waals surface area contributed by atoms with Crippen LogP contribution >= 0.6 is 0 Å². The number of hydrogen-bond acceptors (Lipinski definition) is 6. The second-order valence-corrected chi connectivity index (χ2v) is 7.09. The van der Waals surface area contributed by atoms with Crippen molar-refractivity contribution < 1.29 is 32.7 Å². The molecule has 2 aliphatic rings. The molecule has 2 heterocycles. The number of urea groups is 1. The number of benzene rings is 1. The Morgan fingerprint density at radius 1 is 1.20 bits per heavy atom. The van der Waals surface area contributed by atoms with E-state index >= 15 is 0 Å². The van der Waals surface area contributed by atoms with Crippen molar-refractivity contribution in [3.8, 4) is 0 Å². The maximum absolute atomic E-state index is 14.8. The second kappa shape index (κ2) is 9.24. The fourth-order valence-corrected chi connectivity index (χ4v) is 3.41. The molecule has 2 aliphatic heterocycles. The normalized spacial score (nSPS) is 19.5. The number of hydroxylamine groups is 2. The largest absolute Gasteiger partial charge is 0.444 e. The highest BCUT2D eigenvalue weighted by Gasteiger charge is 2.34. The Kier molecular flexibility index (Phi) is 6.70. The van der Waals surface area contributed by atoms with Gasteiger partial charge in [0.1, 0.15) is 17.6 Å². The number of amides is 3. The van der Waals surface area contributed by atoms with E-state index in [9.17, 15) is 23.2 Å². The molecule has 0 aromatic heterocycles.